The Hall–Kier alpha value is -3.68. The van der Waals surface area contributed by atoms with Crippen LogP contribution in [0, 0.1) is 18.7 Å². The summed E-state index contributed by atoms with van der Waals surface area (Å²) in [5.74, 6) is -1.05. The lowest BCUT2D eigenvalue weighted by Crippen LogP contribution is -2.46. The molecule has 2 N–H and O–H groups in total. The first kappa shape index (κ1) is 28.3. The van der Waals surface area contributed by atoms with Crippen molar-refractivity contribution in [3.05, 3.63) is 105 Å². The van der Waals surface area contributed by atoms with Gasteiger partial charge in [-0.2, -0.15) is 5.10 Å². The van der Waals surface area contributed by atoms with Crippen LogP contribution >= 0.6 is 23.2 Å². The van der Waals surface area contributed by atoms with Crippen LogP contribution in [0.3, 0.4) is 0 Å². The molecule has 4 aromatic rings. The Morgan fingerprint density at radius 1 is 1.05 bits per heavy atom. The number of hydrogen-bond donors (Lipinski definition) is 2. The Balaban J connectivity index is 1.53. The second-order valence-electron chi connectivity index (χ2n) is 9.74. The predicted molar refractivity (Wildman–Crippen MR) is 155 cm³/mol. The smallest absolute Gasteiger partial charge is 0.262 e. The summed E-state index contributed by atoms with van der Waals surface area (Å²) in [5.41, 5.74) is 6.58. The van der Waals surface area contributed by atoms with Gasteiger partial charge in [0.05, 0.1) is 16.8 Å². The van der Waals surface area contributed by atoms with Gasteiger partial charge in [0.15, 0.2) is 0 Å². The largest absolute Gasteiger partial charge is 0.340 e. The minimum atomic E-state index is -0.817. The number of amides is 2. The van der Waals surface area contributed by atoms with Crippen LogP contribution in [0.2, 0.25) is 10.0 Å². The minimum Gasteiger partial charge on any atom is -0.340 e. The van der Waals surface area contributed by atoms with Gasteiger partial charge in [-0.1, -0.05) is 67.4 Å². The van der Waals surface area contributed by atoms with E-state index >= 15 is 0 Å². The molecule has 0 spiro atoms. The molecular formula is C30H29Cl2FN4O2. The zero-order valence-electron chi connectivity index (χ0n) is 21.8. The van der Waals surface area contributed by atoms with Crippen molar-refractivity contribution in [3.8, 4) is 0 Å². The number of rotatable bonds is 9. The lowest BCUT2D eigenvalue weighted by molar-refractivity contribution is -0.123. The average molecular weight is 567 g/mol. The lowest BCUT2D eigenvalue weighted by atomic mass is 10.0. The fraction of sp³-hybridized carbons (Fsp3) is 0.233. The van der Waals surface area contributed by atoms with Gasteiger partial charge in [-0.3, -0.25) is 9.59 Å². The van der Waals surface area contributed by atoms with Crippen LogP contribution in [-0.2, 0) is 11.3 Å². The fourth-order valence-electron chi connectivity index (χ4n) is 4.45. The molecule has 0 saturated heterocycles. The quantitative estimate of drug-likeness (QED) is 0.174. The fourth-order valence-corrected chi connectivity index (χ4v) is 4.94. The SMILES string of the molecule is Cc1c(/C=N\NC(=O)[C@@H](CC(C)C)NC(=O)c2ccc(Cl)cc2Cl)c2ccccc2n1Cc1ccc(F)cc1. The monoisotopic (exact) mass is 566 g/mol. The maximum Gasteiger partial charge on any atom is 0.262 e. The number of benzene rings is 3. The molecule has 2 amide bonds. The molecule has 1 heterocycles. The zero-order chi connectivity index (χ0) is 28.1. The number of carbonyl (C=O) groups excluding carboxylic acids is 2. The number of halogens is 3. The number of para-hydroxylation sites is 1. The molecule has 202 valence electrons. The molecule has 1 atom stereocenters. The molecule has 0 aliphatic heterocycles. The Morgan fingerprint density at radius 2 is 1.77 bits per heavy atom. The number of nitrogens with one attached hydrogen (secondary N) is 2. The third-order valence-electron chi connectivity index (χ3n) is 6.41. The van der Waals surface area contributed by atoms with E-state index in [0.29, 0.717) is 18.0 Å². The molecule has 0 bridgehead atoms. The highest BCUT2D eigenvalue weighted by atomic mass is 35.5. The van der Waals surface area contributed by atoms with E-state index in [4.69, 9.17) is 23.2 Å². The summed E-state index contributed by atoms with van der Waals surface area (Å²) in [6.45, 7) is 6.46. The molecule has 0 aliphatic rings. The highest BCUT2D eigenvalue weighted by Gasteiger charge is 2.23. The Morgan fingerprint density at radius 3 is 2.46 bits per heavy atom. The number of carbonyl (C=O) groups is 2. The zero-order valence-corrected chi connectivity index (χ0v) is 23.4. The summed E-state index contributed by atoms with van der Waals surface area (Å²) in [4.78, 5) is 25.9. The molecule has 6 nitrogen and oxygen atoms in total. The van der Waals surface area contributed by atoms with Crippen molar-refractivity contribution < 1.29 is 14.0 Å². The maximum absolute atomic E-state index is 13.4. The van der Waals surface area contributed by atoms with Gasteiger partial charge in [0.25, 0.3) is 11.8 Å². The normalized spacial score (nSPS) is 12.3. The third-order valence-corrected chi connectivity index (χ3v) is 6.95. The van der Waals surface area contributed by atoms with Crippen LogP contribution in [0.4, 0.5) is 4.39 Å². The summed E-state index contributed by atoms with van der Waals surface area (Å²) >= 11 is 12.1. The number of hydrazone groups is 1. The molecule has 1 aromatic heterocycles. The molecule has 0 radical (unpaired) electrons. The van der Waals surface area contributed by atoms with Gasteiger partial charge >= 0.3 is 0 Å². The number of nitrogens with zero attached hydrogens (tertiary/aromatic N) is 2. The summed E-state index contributed by atoms with van der Waals surface area (Å²) in [5, 5.41) is 8.59. The van der Waals surface area contributed by atoms with E-state index in [9.17, 15) is 14.0 Å². The topological polar surface area (TPSA) is 75.5 Å². The van der Waals surface area contributed by atoms with Crippen LogP contribution in [0.15, 0.2) is 71.8 Å². The van der Waals surface area contributed by atoms with E-state index < -0.39 is 17.9 Å². The molecule has 39 heavy (non-hydrogen) atoms. The summed E-state index contributed by atoms with van der Waals surface area (Å²) < 4.78 is 15.5. The molecule has 0 saturated carbocycles. The van der Waals surface area contributed by atoms with E-state index in [2.05, 4.69) is 20.4 Å². The van der Waals surface area contributed by atoms with Crippen molar-refractivity contribution >= 4 is 52.1 Å². The van der Waals surface area contributed by atoms with Crippen LogP contribution in [-0.4, -0.2) is 28.6 Å². The summed E-state index contributed by atoms with van der Waals surface area (Å²) in [7, 11) is 0. The van der Waals surface area contributed by atoms with Gasteiger partial charge < -0.3 is 9.88 Å². The van der Waals surface area contributed by atoms with Gasteiger partial charge in [0.2, 0.25) is 0 Å². The van der Waals surface area contributed by atoms with Crippen molar-refractivity contribution in [2.45, 2.75) is 39.8 Å². The van der Waals surface area contributed by atoms with Gasteiger partial charge in [-0.25, -0.2) is 9.82 Å². The van der Waals surface area contributed by atoms with Crippen LogP contribution in [0.25, 0.3) is 10.9 Å². The highest BCUT2D eigenvalue weighted by Crippen LogP contribution is 2.26. The summed E-state index contributed by atoms with van der Waals surface area (Å²) in [6, 6.07) is 18.1. The molecule has 0 aliphatic carbocycles. The minimum absolute atomic E-state index is 0.136. The van der Waals surface area contributed by atoms with Gasteiger partial charge in [0.1, 0.15) is 11.9 Å². The van der Waals surface area contributed by atoms with Crippen LogP contribution in [0.1, 0.15) is 47.4 Å². The van der Waals surface area contributed by atoms with E-state index in [-0.39, 0.29) is 22.3 Å². The first-order valence-electron chi connectivity index (χ1n) is 12.5. The van der Waals surface area contributed by atoms with E-state index in [1.807, 2.05) is 45.0 Å². The number of hydrogen-bond acceptors (Lipinski definition) is 3. The Kier molecular flexibility index (Phi) is 9.04. The molecule has 0 fully saturated rings. The average Bonchev–Trinajstić information content (AvgIpc) is 3.15. The maximum atomic E-state index is 13.4. The van der Waals surface area contributed by atoms with Crippen molar-refractivity contribution in [2.24, 2.45) is 11.0 Å². The van der Waals surface area contributed by atoms with Crippen molar-refractivity contribution in [3.63, 3.8) is 0 Å². The molecule has 3 aromatic carbocycles. The predicted octanol–water partition coefficient (Wildman–Crippen LogP) is 6.74. The van der Waals surface area contributed by atoms with E-state index in [1.54, 1.807) is 24.4 Å². The molecular weight excluding hydrogens is 538 g/mol. The molecule has 0 unspecified atom stereocenters. The van der Waals surface area contributed by atoms with Gasteiger partial charge in [-0.05, 0) is 61.2 Å². The van der Waals surface area contributed by atoms with Gasteiger partial charge in [0, 0.05) is 33.7 Å². The Bertz CT molecular complexity index is 1530. The third kappa shape index (κ3) is 6.85. The standard InChI is InChI=1S/C30H29Cl2FN4O2/c1-18(2)14-27(35-29(38)24-13-10-21(31)15-26(24)32)30(39)36-34-16-25-19(3)37(28-7-5-4-6-23(25)28)17-20-8-11-22(33)12-9-20/h4-13,15-16,18,27H,14,17H2,1-3H3,(H,35,38)(H,36,39)/b34-16-/t27-/m1/s1. The van der Waals surface area contributed by atoms with Crippen LogP contribution in [0.5, 0.6) is 0 Å². The Labute approximate surface area is 236 Å². The summed E-state index contributed by atoms with van der Waals surface area (Å²) in [6.07, 6.45) is 2.02. The van der Waals surface area contributed by atoms with E-state index in [0.717, 1.165) is 27.7 Å². The number of fused-ring (bicyclic) bond motifs is 1. The molecule has 4 rings (SSSR count). The van der Waals surface area contributed by atoms with Crippen LogP contribution < -0.4 is 10.7 Å². The molecule has 9 heteroatoms. The second kappa shape index (κ2) is 12.5. The van der Waals surface area contributed by atoms with Crippen molar-refractivity contribution in [1.29, 1.82) is 0 Å². The first-order valence-corrected chi connectivity index (χ1v) is 13.3. The lowest BCUT2D eigenvalue weighted by Gasteiger charge is -2.19. The van der Waals surface area contributed by atoms with Crippen molar-refractivity contribution in [1.82, 2.24) is 15.3 Å². The second-order valence-corrected chi connectivity index (χ2v) is 10.6. The van der Waals surface area contributed by atoms with E-state index in [1.165, 1.54) is 24.3 Å². The van der Waals surface area contributed by atoms with Gasteiger partial charge in [-0.15, -0.1) is 0 Å². The number of aromatic nitrogens is 1. The highest BCUT2D eigenvalue weighted by molar-refractivity contribution is 6.36. The van der Waals surface area contributed by atoms with Crippen molar-refractivity contribution in [2.75, 3.05) is 0 Å². The first-order chi connectivity index (χ1) is 18.6.